The number of hydrogen-bond acceptors (Lipinski definition) is 6. The lowest BCUT2D eigenvalue weighted by Crippen LogP contribution is -2.54. The molecule has 1 saturated heterocycles. The van der Waals surface area contributed by atoms with Crippen molar-refractivity contribution < 1.29 is 4.79 Å². The van der Waals surface area contributed by atoms with Crippen LogP contribution in [0.1, 0.15) is 39.0 Å². The molecular formula is C26H32N6O3. The first-order valence-corrected chi connectivity index (χ1v) is 12.6. The van der Waals surface area contributed by atoms with Crippen LogP contribution in [0.5, 0.6) is 0 Å². The van der Waals surface area contributed by atoms with E-state index in [9.17, 15) is 14.4 Å². The zero-order valence-electron chi connectivity index (χ0n) is 20.2. The van der Waals surface area contributed by atoms with Crippen LogP contribution in [0.25, 0.3) is 22.4 Å². The van der Waals surface area contributed by atoms with Crippen molar-refractivity contribution in [1.82, 2.24) is 28.9 Å². The number of carbonyl (C=O) groups is 1. The van der Waals surface area contributed by atoms with Crippen molar-refractivity contribution in [3.8, 4) is 11.4 Å². The molecule has 35 heavy (non-hydrogen) atoms. The number of amides is 1. The minimum absolute atomic E-state index is 0.198. The Morgan fingerprint density at radius 2 is 1.69 bits per heavy atom. The van der Waals surface area contributed by atoms with Crippen molar-refractivity contribution in [2.24, 2.45) is 0 Å². The van der Waals surface area contributed by atoms with Gasteiger partial charge in [-0.15, -0.1) is 0 Å². The Balaban J connectivity index is 1.38. The predicted molar refractivity (Wildman–Crippen MR) is 134 cm³/mol. The summed E-state index contributed by atoms with van der Waals surface area (Å²) in [4.78, 5) is 52.8. The molecule has 0 spiro atoms. The van der Waals surface area contributed by atoms with Crippen LogP contribution in [0.3, 0.4) is 0 Å². The molecule has 1 aromatic carbocycles. The molecule has 3 aromatic rings. The summed E-state index contributed by atoms with van der Waals surface area (Å²) < 4.78 is 2.48. The largest absolute Gasteiger partial charge is 0.339 e. The van der Waals surface area contributed by atoms with Gasteiger partial charge in [0.15, 0.2) is 11.5 Å². The number of benzene rings is 1. The maximum absolute atomic E-state index is 13.2. The van der Waals surface area contributed by atoms with Crippen molar-refractivity contribution in [3.63, 3.8) is 0 Å². The fraction of sp³-hybridized carbons (Fsp3) is 0.500. The molecule has 1 saturated carbocycles. The average molecular weight is 477 g/mol. The molecule has 9 nitrogen and oxygen atoms in total. The van der Waals surface area contributed by atoms with Gasteiger partial charge in [-0.3, -0.25) is 23.6 Å². The summed E-state index contributed by atoms with van der Waals surface area (Å²) in [5, 5.41) is 0.237. The Morgan fingerprint density at radius 3 is 2.37 bits per heavy atom. The van der Waals surface area contributed by atoms with Gasteiger partial charge in [-0.2, -0.15) is 0 Å². The number of carbonyl (C=O) groups excluding carboxylic acids is 1. The Kier molecular flexibility index (Phi) is 6.77. The molecule has 0 radical (unpaired) electrons. The molecular weight excluding hydrogens is 444 g/mol. The third-order valence-electron chi connectivity index (χ3n) is 7.36. The number of aryl methyl sites for hydroxylation is 1. The lowest BCUT2D eigenvalue weighted by molar-refractivity contribution is -0.134. The third-order valence-corrected chi connectivity index (χ3v) is 7.36. The van der Waals surface area contributed by atoms with Gasteiger partial charge < -0.3 is 4.90 Å². The molecule has 2 fully saturated rings. The molecule has 2 aliphatic rings. The summed E-state index contributed by atoms with van der Waals surface area (Å²) in [5.41, 5.74) is 0.0535. The van der Waals surface area contributed by atoms with Gasteiger partial charge in [0.05, 0.1) is 0 Å². The smallest absolute Gasteiger partial charge is 0.333 e. The molecule has 184 valence electrons. The highest BCUT2D eigenvalue weighted by Crippen LogP contribution is 2.23. The molecule has 0 bridgehead atoms. The zero-order chi connectivity index (χ0) is 24.4. The molecule has 5 rings (SSSR count). The van der Waals surface area contributed by atoms with Gasteiger partial charge in [-0.25, -0.2) is 14.8 Å². The summed E-state index contributed by atoms with van der Waals surface area (Å²) in [6.07, 6.45) is 7.84. The van der Waals surface area contributed by atoms with E-state index in [2.05, 4.69) is 14.9 Å². The Hall–Kier alpha value is -3.33. The SMILES string of the molecule is CCn1c(=O)n(CC(=O)N2CCN(C3CCCCC3)CC2)c(=O)c2cnc(-c3ccccc3)nc21. The summed E-state index contributed by atoms with van der Waals surface area (Å²) >= 11 is 0. The Labute approximate surface area is 204 Å². The van der Waals surface area contributed by atoms with Gasteiger partial charge in [0.25, 0.3) is 5.56 Å². The van der Waals surface area contributed by atoms with E-state index in [-0.39, 0.29) is 17.8 Å². The van der Waals surface area contributed by atoms with E-state index >= 15 is 0 Å². The second-order valence-corrected chi connectivity index (χ2v) is 9.42. The summed E-state index contributed by atoms with van der Waals surface area (Å²) in [5.74, 6) is 0.250. The quantitative estimate of drug-likeness (QED) is 0.560. The lowest BCUT2D eigenvalue weighted by atomic mass is 9.94. The van der Waals surface area contributed by atoms with Crippen LogP contribution in [0.4, 0.5) is 0 Å². The fourth-order valence-corrected chi connectivity index (χ4v) is 5.37. The standard InChI is InChI=1S/C26H32N6O3/c1-2-31-24-21(17-27-23(28-24)19-9-5-3-6-10-19)25(34)32(26(31)35)18-22(33)30-15-13-29(14-16-30)20-11-7-4-8-12-20/h3,5-6,9-10,17,20H,2,4,7-8,11-16,18H2,1H3. The molecule has 1 amide bonds. The number of nitrogens with zero attached hydrogens (tertiary/aromatic N) is 6. The molecule has 0 unspecified atom stereocenters. The van der Waals surface area contributed by atoms with Gasteiger partial charge in [0.1, 0.15) is 11.9 Å². The van der Waals surface area contributed by atoms with Crippen molar-refractivity contribution in [2.45, 2.75) is 58.2 Å². The Morgan fingerprint density at radius 1 is 0.971 bits per heavy atom. The second-order valence-electron chi connectivity index (χ2n) is 9.42. The fourth-order valence-electron chi connectivity index (χ4n) is 5.37. The third kappa shape index (κ3) is 4.65. The number of fused-ring (bicyclic) bond motifs is 1. The van der Waals surface area contributed by atoms with Crippen LogP contribution in [0, 0.1) is 0 Å². The topological polar surface area (TPSA) is 93.3 Å². The summed E-state index contributed by atoms with van der Waals surface area (Å²) in [6, 6.07) is 10.1. The monoisotopic (exact) mass is 476 g/mol. The van der Waals surface area contributed by atoms with Crippen LogP contribution >= 0.6 is 0 Å². The van der Waals surface area contributed by atoms with Crippen LogP contribution in [0.2, 0.25) is 0 Å². The van der Waals surface area contributed by atoms with E-state index in [0.29, 0.717) is 37.1 Å². The van der Waals surface area contributed by atoms with Gasteiger partial charge in [-0.05, 0) is 19.8 Å². The van der Waals surface area contributed by atoms with E-state index in [1.54, 1.807) is 4.90 Å². The van der Waals surface area contributed by atoms with E-state index in [4.69, 9.17) is 0 Å². The number of aromatic nitrogens is 4. The predicted octanol–water partition coefficient (Wildman–Crippen LogP) is 2.12. The second kappa shape index (κ2) is 10.1. The number of rotatable bonds is 5. The van der Waals surface area contributed by atoms with Gasteiger partial charge in [0, 0.05) is 50.5 Å². The van der Waals surface area contributed by atoms with Gasteiger partial charge >= 0.3 is 5.69 Å². The number of hydrogen-bond donors (Lipinski definition) is 0. The highest BCUT2D eigenvalue weighted by molar-refractivity contribution is 5.78. The first-order chi connectivity index (χ1) is 17.1. The van der Waals surface area contributed by atoms with Gasteiger partial charge in [-0.1, -0.05) is 49.6 Å². The first-order valence-electron chi connectivity index (χ1n) is 12.6. The van der Waals surface area contributed by atoms with Crippen LogP contribution in [-0.4, -0.2) is 67.0 Å². The summed E-state index contributed by atoms with van der Waals surface area (Å²) in [6.45, 7) is 4.84. The van der Waals surface area contributed by atoms with E-state index < -0.39 is 11.2 Å². The van der Waals surface area contributed by atoms with Crippen LogP contribution in [-0.2, 0) is 17.9 Å². The molecule has 0 atom stereocenters. The van der Waals surface area contributed by atoms with Crippen molar-refractivity contribution in [3.05, 3.63) is 57.4 Å². The molecule has 9 heteroatoms. The van der Waals surface area contributed by atoms with Crippen molar-refractivity contribution in [2.75, 3.05) is 26.2 Å². The van der Waals surface area contributed by atoms with Crippen molar-refractivity contribution in [1.29, 1.82) is 0 Å². The molecule has 2 aromatic heterocycles. The normalized spacial score (nSPS) is 17.7. The van der Waals surface area contributed by atoms with Crippen molar-refractivity contribution >= 4 is 16.9 Å². The van der Waals surface area contributed by atoms with Crippen LogP contribution < -0.4 is 11.2 Å². The average Bonchev–Trinajstić information content (AvgIpc) is 2.92. The van der Waals surface area contributed by atoms with Crippen LogP contribution in [0.15, 0.2) is 46.1 Å². The zero-order valence-corrected chi connectivity index (χ0v) is 20.2. The minimum Gasteiger partial charge on any atom is -0.339 e. The lowest BCUT2D eigenvalue weighted by Gasteiger charge is -2.40. The maximum Gasteiger partial charge on any atom is 0.333 e. The highest BCUT2D eigenvalue weighted by Gasteiger charge is 2.28. The molecule has 3 heterocycles. The van der Waals surface area contributed by atoms with E-state index in [0.717, 1.165) is 23.2 Å². The first kappa shape index (κ1) is 23.4. The van der Waals surface area contributed by atoms with Gasteiger partial charge in [0.2, 0.25) is 5.91 Å². The number of piperazine rings is 1. The van der Waals surface area contributed by atoms with E-state index in [1.807, 2.05) is 37.3 Å². The van der Waals surface area contributed by atoms with E-state index in [1.165, 1.54) is 42.9 Å². The highest BCUT2D eigenvalue weighted by atomic mass is 16.2. The molecule has 1 aliphatic carbocycles. The molecule has 1 aliphatic heterocycles. The summed E-state index contributed by atoms with van der Waals surface area (Å²) in [7, 11) is 0. The maximum atomic E-state index is 13.2. The minimum atomic E-state index is -0.525. The molecule has 0 N–H and O–H groups in total. The Bertz CT molecular complexity index is 1320.